The Bertz CT molecular complexity index is 742. The zero-order valence-electron chi connectivity index (χ0n) is 14.2. The first-order valence-electron chi connectivity index (χ1n) is 7.52. The Kier molecular flexibility index (Phi) is 5.85. The Morgan fingerprint density at radius 1 is 1.38 bits per heavy atom. The predicted octanol–water partition coefficient (Wildman–Crippen LogP) is 2.80. The minimum atomic E-state index is -0.767. The molecule has 0 radical (unpaired) electrons. The van der Waals surface area contributed by atoms with Gasteiger partial charge in [0, 0.05) is 5.56 Å². The number of benzene rings is 1. The molecular formula is C17H21ClN2O4. The van der Waals surface area contributed by atoms with Gasteiger partial charge in [-0.1, -0.05) is 11.6 Å². The molecule has 0 amide bonds. The van der Waals surface area contributed by atoms with Crippen LogP contribution in [-0.2, 0) is 6.54 Å². The number of aliphatic hydroxyl groups is 1. The molecule has 24 heavy (non-hydrogen) atoms. The number of aliphatic hydroxyl groups excluding tert-OH is 1. The van der Waals surface area contributed by atoms with E-state index in [1.807, 2.05) is 13.8 Å². The number of methoxy groups -OCH3 is 1. The van der Waals surface area contributed by atoms with Gasteiger partial charge in [0.2, 0.25) is 0 Å². The Morgan fingerprint density at radius 2 is 2.08 bits per heavy atom. The van der Waals surface area contributed by atoms with E-state index in [1.165, 1.54) is 14.0 Å². The quantitative estimate of drug-likeness (QED) is 0.776. The summed E-state index contributed by atoms with van der Waals surface area (Å²) in [5.74, 6) is 0.860. The molecule has 7 heteroatoms. The molecular weight excluding hydrogens is 332 g/mol. The normalized spacial score (nSPS) is 12.1. The second-order valence-corrected chi connectivity index (χ2v) is 5.93. The second-order valence-electron chi connectivity index (χ2n) is 5.55. The molecule has 1 aromatic heterocycles. The van der Waals surface area contributed by atoms with E-state index >= 15 is 0 Å². The summed E-state index contributed by atoms with van der Waals surface area (Å²) < 4.78 is 12.5. The topological polar surface area (TPSA) is 73.6 Å². The van der Waals surface area contributed by atoms with Crippen molar-refractivity contribution in [2.45, 2.75) is 33.4 Å². The molecule has 0 unspecified atom stereocenters. The number of nitrogens with zero attached hydrogens (tertiary/aromatic N) is 2. The summed E-state index contributed by atoms with van der Waals surface area (Å²) in [6, 6.07) is 4.93. The fourth-order valence-corrected chi connectivity index (χ4v) is 2.43. The van der Waals surface area contributed by atoms with Crippen molar-refractivity contribution in [1.82, 2.24) is 9.78 Å². The summed E-state index contributed by atoms with van der Waals surface area (Å²) in [5.41, 5.74) is 2.07. The van der Waals surface area contributed by atoms with Crippen molar-refractivity contribution < 1.29 is 19.4 Å². The lowest BCUT2D eigenvalue weighted by Gasteiger charge is -2.15. The highest BCUT2D eigenvalue weighted by atomic mass is 35.5. The summed E-state index contributed by atoms with van der Waals surface area (Å²) in [5, 5.41) is 15.0. The minimum absolute atomic E-state index is 0.0544. The number of ketones is 1. The van der Waals surface area contributed by atoms with E-state index in [9.17, 15) is 9.90 Å². The Morgan fingerprint density at radius 3 is 2.62 bits per heavy atom. The third kappa shape index (κ3) is 4.07. The van der Waals surface area contributed by atoms with Crippen LogP contribution < -0.4 is 9.47 Å². The first-order valence-corrected chi connectivity index (χ1v) is 7.90. The van der Waals surface area contributed by atoms with Crippen LogP contribution in [0, 0.1) is 13.8 Å². The average Bonchev–Trinajstić information content (AvgIpc) is 2.79. The first-order chi connectivity index (χ1) is 11.3. The van der Waals surface area contributed by atoms with E-state index in [0.717, 1.165) is 11.4 Å². The molecule has 0 saturated carbocycles. The smallest absolute Gasteiger partial charge is 0.161 e. The highest BCUT2D eigenvalue weighted by Crippen LogP contribution is 2.28. The van der Waals surface area contributed by atoms with Gasteiger partial charge >= 0.3 is 0 Å². The molecule has 1 atom stereocenters. The maximum atomic E-state index is 11.4. The molecule has 1 heterocycles. The number of aromatic nitrogens is 2. The van der Waals surface area contributed by atoms with E-state index in [1.54, 1.807) is 22.9 Å². The van der Waals surface area contributed by atoms with Crippen LogP contribution in [0.4, 0.5) is 0 Å². The van der Waals surface area contributed by atoms with E-state index in [2.05, 4.69) is 5.10 Å². The zero-order valence-corrected chi connectivity index (χ0v) is 14.9. The lowest BCUT2D eigenvalue weighted by atomic mass is 10.1. The number of carbonyl (C=O) groups excluding carboxylic acids is 1. The number of hydrogen-bond acceptors (Lipinski definition) is 5. The molecule has 0 aliphatic heterocycles. The summed E-state index contributed by atoms with van der Waals surface area (Å²) in [6.45, 7) is 5.48. The first kappa shape index (κ1) is 18.3. The van der Waals surface area contributed by atoms with Crippen LogP contribution in [0.25, 0.3) is 0 Å². The molecule has 0 aliphatic rings. The summed E-state index contributed by atoms with van der Waals surface area (Å²) in [6.07, 6.45) is -0.767. The number of aryl methyl sites for hydroxylation is 1. The maximum absolute atomic E-state index is 11.4. The lowest BCUT2D eigenvalue weighted by molar-refractivity contribution is 0.0872. The molecule has 0 fully saturated rings. The molecule has 0 saturated heterocycles. The van der Waals surface area contributed by atoms with E-state index < -0.39 is 6.10 Å². The molecule has 1 N–H and O–H groups in total. The molecule has 2 rings (SSSR count). The van der Waals surface area contributed by atoms with Crippen LogP contribution in [-0.4, -0.2) is 40.5 Å². The molecule has 0 aliphatic carbocycles. The van der Waals surface area contributed by atoms with E-state index in [-0.39, 0.29) is 18.9 Å². The Labute approximate surface area is 146 Å². The maximum Gasteiger partial charge on any atom is 0.161 e. The van der Waals surface area contributed by atoms with Gasteiger partial charge < -0.3 is 14.6 Å². The van der Waals surface area contributed by atoms with Gasteiger partial charge in [0.25, 0.3) is 0 Å². The number of Topliss-reactive ketones (excluding diaryl/α,β-unsaturated/α-hetero) is 1. The van der Waals surface area contributed by atoms with Crippen LogP contribution in [0.1, 0.15) is 28.7 Å². The third-order valence-corrected chi connectivity index (χ3v) is 4.23. The molecule has 0 spiro atoms. The Balaban J connectivity index is 2.02. The molecule has 0 bridgehead atoms. The van der Waals surface area contributed by atoms with Crippen LogP contribution >= 0.6 is 11.6 Å². The van der Waals surface area contributed by atoms with Crippen molar-refractivity contribution >= 4 is 17.4 Å². The fraction of sp³-hybridized carbons (Fsp3) is 0.412. The molecule has 130 valence electrons. The predicted molar refractivity (Wildman–Crippen MR) is 91.2 cm³/mol. The van der Waals surface area contributed by atoms with Gasteiger partial charge in [-0.05, 0) is 39.0 Å². The Hall–Kier alpha value is -2.05. The van der Waals surface area contributed by atoms with Crippen LogP contribution in [0.5, 0.6) is 11.5 Å². The highest BCUT2D eigenvalue weighted by molar-refractivity contribution is 6.31. The standard InChI is InChI=1S/C17H21ClN2O4/c1-10-17(18)11(2)20(19-10)8-14(22)9-24-15-6-5-13(12(3)21)7-16(15)23-4/h5-7,14,22H,8-9H2,1-4H3/t14-/m0/s1. The van der Waals surface area contributed by atoms with Crippen molar-refractivity contribution in [3.63, 3.8) is 0 Å². The monoisotopic (exact) mass is 352 g/mol. The van der Waals surface area contributed by atoms with Gasteiger partial charge in [0.15, 0.2) is 17.3 Å². The van der Waals surface area contributed by atoms with E-state index in [4.69, 9.17) is 21.1 Å². The number of ether oxygens (including phenoxy) is 2. The van der Waals surface area contributed by atoms with Crippen molar-refractivity contribution in [3.8, 4) is 11.5 Å². The number of hydrogen-bond donors (Lipinski definition) is 1. The largest absolute Gasteiger partial charge is 0.493 e. The average molecular weight is 353 g/mol. The minimum Gasteiger partial charge on any atom is -0.493 e. The number of halogens is 1. The van der Waals surface area contributed by atoms with Gasteiger partial charge in [-0.25, -0.2) is 0 Å². The van der Waals surface area contributed by atoms with Crippen molar-refractivity contribution in [1.29, 1.82) is 0 Å². The fourth-order valence-electron chi connectivity index (χ4n) is 2.30. The van der Waals surface area contributed by atoms with Gasteiger partial charge in [-0.15, -0.1) is 0 Å². The zero-order chi connectivity index (χ0) is 17.9. The van der Waals surface area contributed by atoms with Crippen molar-refractivity contribution in [2.75, 3.05) is 13.7 Å². The van der Waals surface area contributed by atoms with Gasteiger partial charge in [-0.2, -0.15) is 5.10 Å². The molecule has 2 aromatic rings. The highest BCUT2D eigenvalue weighted by Gasteiger charge is 2.15. The third-order valence-electron chi connectivity index (χ3n) is 3.68. The van der Waals surface area contributed by atoms with Crippen molar-refractivity contribution in [2.24, 2.45) is 0 Å². The van der Waals surface area contributed by atoms with E-state index in [0.29, 0.717) is 22.1 Å². The van der Waals surface area contributed by atoms with Crippen LogP contribution in [0.15, 0.2) is 18.2 Å². The van der Waals surface area contributed by atoms with Crippen LogP contribution in [0.2, 0.25) is 5.02 Å². The number of carbonyl (C=O) groups is 1. The molecule has 1 aromatic carbocycles. The summed E-state index contributed by atoms with van der Waals surface area (Å²) >= 11 is 6.09. The molecule has 6 nitrogen and oxygen atoms in total. The van der Waals surface area contributed by atoms with Gasteiger partial charge in [0.1, 0.15) is 12.7 Å². The second kappa shape index (κ2) is 7.68. The number of rotatable bonds is 7. The lowest BCUT2D eigenvalue weighted by Crippen LogP contribution is -2.25. The van der Waals surface area contributed by atoms with Gasteiger partial charge in [0.05, 0.1) is 30.1 Å². The van der Waals surface area contributed by atoms with Gasteiger partial charge in [-0.3, -0.25) is 9.48 Å². The van der Waals surface area contributed by atoms with Crippen LogP contribution in [0.3, 0.4) is 0 Å². The SMILES string of the molecule is COc1cc(C(C)=O)ccc1OC[C@@H](O)Cn1nc(C)c(Cl)c1C. The van der Waals surface area contributed by atoms with Crippen molar-refractivity contribution in [3.05, 3.63) is 40.2 Å². The summed E-state index contributed by atoms with van der Waals surface area (Å²) in [7, 11) is 1.50. The summed E-state index contributed by atoms with van der Waals surface area (Å²) in [4.78, 5) is 11.4.